The molecule has 0 saturated heterocycles. The van der Waals surface area contributed by atoms with Crippen molar-refractivity contribution in [3.63, 3.8) is 0 Å². The molecule has 5 nitrogen and oxygen atoms in total. The summed E-state index contributed by atoms with van der Waals surface area (Å²) in [5, 5.41) is 3.02. The predicted octanol–water partition coefficient (Wildman–Crippen LogP) is 0.745. The summed E-state index contributed by atoms with van der Waals surface area (Å²) in [7, 11) is -1.92. The number of rotatable bonds is 1. The van der Waals surface area contributed by atoms with Gasteiger partial charge in [0.1, 0.15) is 10.6 Å². The van der Waals surface area contributed by atoms with Crippen molar-refractivity contribution in [3.05, 3.63) is 18.2 Å². The van der Waals surface area contributed by atoms with Gasteiger partial charge in [0.05, 0.1) is 19.0 Å². The Morgan fingerprint density at radius 1 is 1.40 bits per heavy atom. The Labute approximate surface area is 88.5 Å². The molecule has 0 aliphatic carbocycles. The van der Waals surface area contributed by atoms with Crippen molar-refractivity contribution in [3.8, 4) is 5.75 Å². The lowest BCUT2D eigenvalue weighted by molar-refractivity contribution is 0.413. The van der Waals surface area contributed by atoms with Gasteiger partial charge in [0, 0.05) is 6.07 Å². The van der Waals surface area contributed by atoms with Crippen LogP contribution in [0.1, 0.15) is 6.92 Å². The van der Waals surface area contributed by atoms with Gasteiger partial charge in [0.2, 0.25) is 10.0 Å². The van der Waals surface area contributed by atoms with Crippen LogP contribution in [-0.4, -0.2) is 21.7 Å². The number of fused-ring (bicyclic) bond motifs is 1. The number of anilines is 1. The molecule has 0 bridgehead atoms. The molecular weight excluding hydrogens is 216 g/mol. The molecule has 0 fully saturated rings. The van der Waals surface area contributed by atoms with Crippen molar-refractivity contribution in [1.29, 1.82) is 0 Å². The minimum Gasteiger partial charge on any atom is -0.497 e. The summed E-state index contributed by atoms with van der Waals surface area (Å²) < 4.78 is 30.9. The summed E-state index contributed by atoms with van der Waals surface area (Å²) in [6.45, 7) is 1.74. The van der Waals surface area contributed by atoms with Crippen LogP contribution in [0.15, 0.2) is 23.1 Å². The molecule has 82 valence electrons. The van der Waals surface area contributed by atoms with Gasteiger partial charge in [-0.1, -0.05) is 0 Å². The van der Waals surface area contributed by atoms with E-state index >= 15 is 0 Å². The predicted molar refractivity (Wildman–Crippen MR) is 56.4 cm³/mol. The van der Waals surface area contributed by atoms with Gasteiger partial charge in [-0.3, -0.25) is 0 Å². The molecule has 1 atom stereocenters. The van der Waals surface area contributed by atoms with Crippen molar-refractivity contribution < 1.29 is 13.2 Å². The molecule has 1 aliphatic rings. The molecule has 0 aromatic heterocycles. The first-order valence-corrected chi connectivity index (χ1v) is 5.98. The summed E-state index contributed by atoms with van der Waals surface area (Å²) in [4.78, 5) is 0.222. The fourth-order valence-corrected chi connectivity index (χ4v) is 2.87. The van der Waals surface area contributed by atoms with Crippen LogP contribution in [-0.2, 0) is 10.0 Å². The molecule has 15 heavy (non-hydrogen) atoms. The highest BCUT2D eigenvalue weighted by Gasteiger charge is 2.26. The van der Waals surface area contributed by atoms with Gasteiger partial charge < -0.3 is 10.1 Å². The van der Waals surface area contributed by atoms with Crippen molar-refractivity contribution in [2.24, 2.45) is 0 Å². The molecule has 1 aromatic carbocycles. The van der Waals surface area contributed by atoms with Crippen molar-refractivity contribution >= 4 is 15.7 Å². The zero-order valence-electron chi connectivity index (χ0n) is 8.44. The van der Waals surface area contributed by atoms with E-state index in [1.54, 1.807) is 19.1 Å². The van der Waals surface area contributed by atoms with Crippen molar-refractivity contribution in [1.82, 2.24) is 4.72 Å². The van der Waals surface area contributed by atoms with Gasteiger partial charge in [-0.2, -0.15) is 4.72 Å². The molecule has 0 amide bonds. The number of ether oxygens (including phenoxy) is 1. The molecule has 1 aromatic rings. The van der Waals surface area contributed by atoms with E-state index in [0.29, 0.717) is 11.4 Å². The molecular formula is C9H12N2O3S. The summed E-state index contributed by atoms with van der Waals surface area (Å²) in [6.07, 6.45) is -0.295. The molecule has 1 heterocycles. The third-order valence-corrected chi connectivity index (χ3v) is 3.76. The highest BCUT2D eigenvalue weighted by atomic mass is 32.2. The fraction of sp³-hybridized carbons (Fsp3) is 0.333. The number of hydrogen-bond acceptors (Lipinski definition) is 4. The van der Waals surface area contributed by atoms with Gasteiger partial charge in [-0.15, -0.1) is 0 Å². The standard InChI is InChI=1S/C9H12N2O3S/c1-6-10-8-4-3-7(14-2)5-9(8)15(12,13)11-6/h3-6,10-11H,1-2H3. The summed E-state index contributed by atoms with van der Waals surface area (Å²) >= 11 is 0. The van der Waals surface area contributed by atoms with Crippen LogP contribution in [0.4, 0.5) is 5.69 Å². The van der Waals surface area contributed by atoms with Crippen LogP contribution in [0, 0.1) is 0 Å². The highest BCUT2D eigenvalue weighted by molar-refractivity contribution is 7.89. The first kappa shape index (κ1) is 10.3. The Kier molecular flexibility index (Phi) is 2.32. The average molecular weight is 228 g/mol. The Balaban J connectivity index is 2.59. The van der Waals surface area contributed by atoms with Gasteiger partial charge >= 0.3 is 0 Å². The van der Waals surface area contributed by atoms with E-state index in [1.807, 2.05) is 0 Å². The maximum absolute atomic E-state index is 11.7. The lowest BCUT2D eigenvalue weighted by Gasteiger charge is -2.25. The third-order valence-electron chi connectivity index (χ3n) is 2.18. The van der Waals surface area contributed by atoms with Gasteiger partial charge in [-0.05, 0) is 19.1 Å². The zero-order chi connectivity index (χ0) is 11.1. The summed E-state index contributed by atoms with van der Waals surface area (Å²) in [6, 6.07) is 4.92. The minimum absolute atomic E-state index is 0.222. The summed E-state index contributed by atoms with van der Waals surface area (Å²) in [5.41, 5.74) is 0.599. The van der Waals surface area contributed by atoms with Gasteiger partial charge in [0.25, 0.3) is 0 Å². The Bertz CT molecular complexity index is 484. The van der Waals surface area contributed by atoms with Crippen LogP contribution in [0.5, 0.6) is 5.75 Å². The van der Waals surface area contributed by atoms with Gasteiger partial charge in [0.15, 0.2) is 0 Å². The average Bonchev–Trinajstić information content (AvgIpc) is 2.16. The Morgan fingerprint density at radius 2 is 2.13 bits per heavy atom. The number of methoxy groups -OCH3 is 1. The molecule has 1 aliphatic heterocycles. The van der Waals surface area contributed by atoms with Crippen LogP contribution in [0.3, 0.4) is 0 Å². The molecule has 2 rings (SSSR count). The zero-order valence-corrected chi connectivity index (χ0v) is 9.26. The first-order valence-electron chi connectivity index (χ1n) is 4.50. The monoisotopic (exact) mass is 228 g/mol. The van der Waals surface area contributed by atoms with E-state index in [2.05, 4.69) is 10.0 Å². The highest BCUT2D eigenvalue weighted by Crippen LogP contribution is 2.29. The normalized spacial score (nSPS) is 22.7. The van der Waals surface area contributed by atoms with E-state index < -0.39 is 10.0 Å². The van der Waals surface area contributed by atoms with Crippen molar-refractivity contribution in [2.45, 2.75) is 18.0 Å². The maximum Gasteiger partial charge on any atom is 0.244 e. The van der Waals surface area contributed by atoms with E-state index in [1.165, 1.54) is 13.2 Å². The van der Waals surface area contributed by atoms with E-state index in [9.17, 15) is 8.42 Å². The van der Waals surface area contributed by atoms with Crippen LogP contribution >= 0.6 is 0 Å². The lowest BCUT2D eigenvalue weighted by Crippen LogP contribution is -2.42. The minimum atomic E-state index is -3.42. The SMILES string of the molecule is COc1ccc2c(c1)S(=O)(=O)NC(C)N2. The lowest BCUT2D eigenvalue weighted by atomic mass is 10.3. The van der Waals surface area contributed by atoms with E-state index in [4.69, 9.17) is 4.74 Å². The Morgan fingerprint density at radius 3 is 2.80 bits per heavy atom. The maximum atomic E-state index is 11.7. The number of sulfonamides is 1. The number of benzene rings is 1. The van der Waals surface area contributed by atoms with Crippen molar-refractivity contribution in [2.75, 3.05) is 12.4 Å². The second kappa shape index (κ2) is 3.39. The molecule has 0 saturated carbocycles. The largest absolute Gasteiger partial charge is 0.497 e. The fourth-order valence-electron chi connectivity index (χ4n) is 1.53. The number of hydrogen-bond donors (Lipinski definition) is 2. The first-order chi connectivity index (χ1) is 7.03. The molecule has 0 radical (unpaired) electrons. The summed E-state index contributed by atoms with van der Waals surface area (Å²) in [5.74, 6) is 0.524. The molecule has 1 unspecified atom stereocenters. The van der Waals surface area contributed by atoms with E-state index in [-0.39, 0.29) is 11.1 Å². The van der Waals surface area contributed by atoms with Crippen LogP contribution < -0.4 is 14.8 Å². The van der Waals surface area contributed by atoms with Gasteiger partial charge in [-0.25, -0.2) is 8.42 Å². The topological polar surface area (TPSA) is 67.4 Å². The smallest absolute Gasteiger partial charge is 0.244 e. The van der Waals surface area contributed by atoms with Crippen LogP contribution in [0.25, 0.3) is 0 Å². The second-order valence-corrected chi connectivity index (χ2v) is 5.03. The number of nitrogens with one attached hydrogen (secondary N) is 2. The Hall–Kier alpha value is -1.27. The van der Waals surface area contributed by atoms with E-state index in [0.717, 1.165) is 0 Å². The third kappa shape index (κ3) is 1.78. The molecule has 0 spiro atoms. The molecule has 2 N–H and O–H groups in total. The van der Waals surface area contributed by atoms with Crippen LogP contribution in [0.2, 0.25) is 0 Å². The molecule has 6 heteroatoms. The second-order valence-electron chi connectivity index (χ2n) is 3.35. The quantitative estimate of drug-likeness (QED) is 0.744.